The first-order valence-electron chi connectivity index (χ1n) is 8.91. The van der Waals surface area contributed by atoms with E-state index in [4.69, 9.17) is 4.98 Å². The molecule has 3 saturated heterocycles. The molecule has 0 N–H and O–H groups in total. The number of nitrogens with zero attached hydrogens (tertiary/aromatic N) is 4. The van der Waals surface area contributed by atoms with Crippen molar-refractivity contribution in [1.29, 1.82) is 0 Å². The average molecular weight is 300 g/mol. The van der Waals surface area contributed by atoms with Gasteiger partial charge in [-0.15, -0.1) is 0 Å². The van der Waals surface area contributed by atoms with Crippen molar-refractivity contribution in [2.75, 3.05) is 31.1 Å². The van der Waals surface area contributed by atoms with E-state index in [9.17, 15) is 0 Å². The second-order valence-electron chi connectivity index (χ2n) is 7.70. The average Bonchev–Trinajstić information content (AvgIpc) is 3.30. The standard InChI is InChI=1S/C18H28N4/c1-12-13(2)19-14(3)20-18(12)22-10-16-6-7-17(11-22)21(9-16)8-15-4-5-15/h15-17H,4-11H2,1-3H3/t16-,17-/m0/s1. The van der Waals surface area contributed by atoms with E-state index >= 15 is 0 Å². The van der Waals surface area contributed by atoms with Gasteiger partial charge < -0.3 is 4.90 Å². The quantitative estimate of drug-likeness (QED) is 0.859. The molecule has 4 nitrogen and oxygen atoms in total. The summed E-state index contributed by atoms with van der Waals surface area (Å²) in [5.41, 5.74) is 2.40. The van der Waals surface area contributed by atoms with Crippen molar-refractivity contribution in [3.05, 3.63) is 17.1 Å². The zero-order valence-corrected chi connectivity index (χ0v) is 14.2. The van der Waals surface area contributed by atoms with E-state index in [1.165, 1.54) is 56.7 Å². The second-order valence-corrected chi connectivity index (χ2v) is 7.70. The van der Waals surface area contributed by atoms with E-state index in [1.54, 1.807) is 0 Å². The zero-order valence-electron chi connectivity index (χ0n) is 14.2. The van der Waals surface area contributed by atoms with E-state index in [2.05, 4.69) is 28.6 Å². The van der Waals surface area contributed by atoms with Crippen LogP contribution >= 0.6 is 0 Å². The summed E-state index contributed by atoms with van der Waals surface area (Å²) in [6.07, 6.45) is 5.68. The first kappa shape index (κ1) is 14.4. The molecular formula is C18H28N4. The van der Waals surface area contributed by atoms with Crippen LogP contribution in [0.15, 0.2) is 0 Å². The van der Waals surface area contributed by atoms with E-state index in [0.29, 0.717) is 0 Å². The molecule has 1 saturated carbocycles. The topological polar surface area (TPSA) is 32.3 Å². The van der Waals surface area contributed by atoms with Crippen molar-refractivity contribution in [2.45, 2.75) is 52.5 Å². The molecule has 4 heteroatoms. The normalized spacial score (nSPS) is 29.0. The Morgan fingerprint density at radius 2 is 1.77 bits per heavy atom. The highest BCUT2D eigenvalue weighted by Gasteiger charge is 2.38. The minimum absolute atomic E-state index is 0.731. The molecule has 0 radical (unpaired) electrons. The van der Waals surface area contributed by atoms with Crippen LogP contribution < -0.4 is 4.90 Å². The molecule has 5 rings (SSSR count). The molecule has 2 atom stereocenters. The number of fused-ring (bicyclic) bond motifs is 4. The Kier molecular flexibility index (Phi) is 3.60. The molecule has 1 aromatic heterocycles. The highest BCUT2D eigenvalue weighted by molar-refractivity contribution is 5.49. The van der Waals surface area contributed by atoms with Gasteiger partial charge in [-0.2, -0.15) is 0 Å². The van der Waals surface area contributed by atoms with Crippen LogP contribution in [0.1, 0.15) is 42.8 Å². The van der Waals surface area contributed by atoms with Crippen LogP contribution in [0.5, 0.6) is 0 Å². The Morgan fingerprint density at radius 1 is 0.955 bits per heavy atom. The summed E-state index contributed by atoms with van der Waals surface area (Å²) in [4.78, 5) is 14.7. The van der Waals surface area contributed by atoms with Crippen molar-refractivity contribution in [3.8, 4) is 0 Å². The van der Waals surface area contributed by atoms with E-state index in [-0.39, 0.29) is 0 Å². The third-order valence-corrected chi connectivity index (χ3v) is 5.79. The summed E-state index contributed by atoms with van der Waals surface area (Å²) >= 11 is 0. The molecule has 1 aromatic rings. The SMILES string of the molecule is Cc1nc(C)c(C)c(N2C[C@H]3CC[C@@H](C2)N(CC2CC2)C3)n1. The summed E-state index contributed by atoms with van der Waals surface area (Å²) in [6, 6.07) is 0.731. The van der Waals surface area contributed by atoms with E-state index < -0.39 is 0 Å². The smallest absolute Gasteiger partial charge is 0.135 e. The highest BCUT2D eigenvalue weighted by atomic mass is 15.3. The van der Waals surface area contributed by atoms with Crippen molar-refractivity contribution in [3.63, 3.8) is 0 Å². The second kappa shape index (κ2) is 5.48. The molecule has 1 aliphatic carbocycles. The molecule has 0 amide bonds. The van der Waals surface area contributed by atoms with Crippen molar-refractivity contribution >= 4 is 5.82 Å². The lowest BCUT2D eigenvalue weighted by Crippen LogP contribution is -2.44. The first-order valence-corrected chi connectivity index (χ1v) is 8.91. The van der Waals surface area contributed by atoms with Gasteiger partial charge in [-0.1, -0.05) is 0 Å². The Morgan fingerprint density at radius 3 is 2.55 bits per heavy atom. The Labute approximate surface area is 133 Å². The molecule has 22 heavy (non-hydrogen) atoms. The summed E-state index contributed by atoms with van der Waals surface area (Å²) in [7, 11) is 0. The van der Waals surface area contributed by atoms with Crippen LogP contribution in [0.25, 0.3) is 0 Å². The molecule has 4 aliphatic rings. The van der Waals surface area contributed by atoms with Crippen LogP contribution in [-0.4, -0.2) is 47.1 Å². The largest absolute Gasteiger partial charge is 0.354 e. The highest BCUT2D eigenvalue weighted by Crippen LogP contribution is 2.36. The lowest BCUT2D eigenvalue weighted by molar-refractivity contribution is 0.128. The lowest BCUT2D eigenvalue weighted by Gasteiger charge is -2.36. The van der Waals surface area contributed by atoms with Crippen molar-refractivity contribution < 1.29 is 0 Å². The van der Waals surface area contributed by atoms with Crippen molar-refractivity contribution in [2.24, 2.45) is 11.8 Å². The fourth-order valence-electron chi connectivity index (χ4n) is 4.27. The zero-order chi connectivity index (χ0) is 15.3. The van der Waals surface area contributed by atoms with Gasteiger partial charge in [0.15, 0.2) is 0 Å². The summed E-state index contributed by atoms with van der Waals surface area (Å²) in [5.74, 6) is 3.91. The van der Waals surface area contributed by atoms with Crippen LogP contribution in [0.3, 0.4) is 0 Å². The van der Waals surface area contributed by atoms with Crippen LogP contribution in [0.2, 0.25) is 0 Å². The van der Waals surface area contributed by atoms with Gasteiger partial charge in [-0.05, 0) is 58.3 Å². The molecule has 3 aliphatic heterocycles. The summed E-state index contributed by atoms with van der Waals surface area (Å²) < 4.78 is 0. The Bertz CT molecular complexity index is 566. The first-order chi connectivity index (χ1) is 10.6. The van der Waals surface area contributed by atoms with Gasteiger partial charge in [0.2, 0.25) is 0 Å². The van der Waals surface area contributed by atoms with Gasteiger partial charge in [-0.25, -0.2) is 9.97 Å². The minimum atomic E-state index is 0.731. The van der Waals surface area contributed by atoms with Gasteiger partial charge in [-0.3, -0.25) is 4.90 Å². The number of rotatable bonds is 3. The Hall–Kier alpha value is -1.16. The minimum Gasteiger partial charge on any atom is -0.354 e. The number of hydrogen-bond acceptors (Lipinski definition) is 4. The maximum absolute atomic E-state index is 4.79. The number of piperidine rings is 1. The molecule has 0 spiro atoms. The number of hydrogen-bond donors (Lipinski definition) is 0. The molecule has 120 valence electrons. The molecular weight excluding hydrogens is 272 g/mol. The summed E-state index contributed by atoms with van der Waals surface area (Å²) in [5, 5.41) is 0. The van der Waals surface area contributed by atoms with Crippen LogP contribution in [0, 0.1) is 32.6 Å². The van der Waals surface area contributed by atoms with Crippen LogP contribution in [0.4, 0.5) is 5.82 Å². The van der Waals surface area contributed by atoms with Gasteiger partial charge in [0.25, 0.3) is 0 Å². The number of aromatic nitrogens is 2. The predicted molar refractivity (Wildman–Crippen MR) is 89.3 cm³/mol. The van der Waals surface area contributed by atoms with E-state index in [0.717, 1.165) is 35.9 Å². The monoisotopic (exact) mass is 300 g/mol. The van der Waals surface area contributed by atoms with Crippen LogP contribution in [-0.2, 0) is 0 Å². The predicted octanol–water partition coefficient (Wildman–Crippen LogP) is 2.71. The molecule has 4 fully saturated rings. The maximum Gasteiger partial charge on any atom is 0.135 e. The fraction of sp³-hybridized carbons (Fsp3) is 0.778. The molecule has 0 aromatic carbocycles. The molecule has 4 heterocycles. The molecule has 2 bridgehead atoms. The maximum atomic E-state index is 4.79. The third-order valence-electron chi connectivity index (χ3n) is 5.79. The van der Waals surface area contributed by atoms with E-state index in [1.807, 2.05) is 6.92 Å². The lowest BCUT2D eigenvalue weighted by atomic mass is 9.95. The fourth-order valence-corrected chi connectivity index (χ4v) is 4.27. The third kappa shape index (κ3) is 2.73. The van der Waals surface area contributed by atoms with Crippen molar-refractivity contribution in [1.82, 2.24) is 14.9 Å². The Balaban J connectivity index is 1.59. The van der Waals surface area contributed by atoms with Gasteiger partial charge in [0.05, 0.1) is 0 Å². The van der Waals surface area contributed by atoms with Gasteiger partial charge in [0.1, 0.15) is 11.6 Å². The van der Waals surface area contributed by atoms with Gasteiger partial charge in [0, 0.05) is 43.5 Å². The number of aryl methyl sites for hydroxylation is 2. The summed E-state index contributed by atoms with van der Waals surface area (Å²) in [6.45, 7) is 11.3. The van der Waals surface area contributed by atoms with Gasteiger partial charge >= 0.3 is 0 Å². The number of anilines is 1. The molecule has 0 unspecified atom stereocenters.